The Kier molecular flexibility index (Phi) is 7.94. The molecular weight excluding hydrogens is 230 g/mol. The molecule has 0 atom stereocenters. The van der Waals surface area contributed by atoms with Crippen LogP contribution in [0.15, 0.2) is 30.9 Å². The van der Waals surface area contributed by atoms with Gasteiger partial charge in [0.1, 0.15) is 6.29 Å². The van der Waals surface area contributed by atoms with E-state index >= 15 is 0 Å². The minimum Gasteiger partial charge on any atom is -0.465 e. The zero-order valence-electron chi connectivity index (χ0n) is 10.8. The van der Waals surface area contributed by atoms with Crippen molar-refractivity contribution in [2.45, 2.75) is 19.8 Å². The van der Waals surface area contributed by atoms with E-state index in [1.54, 1.807) is 24.3 Å². The van der Waals surface area contributed by atoms with E-state index in [0.717, 1.165) is 18.3 Å². The lowest BCUT2D eigenvalue weighted by Crippen LogP contribution is -2.02. The molecule has 0 heterocycles. The number of carbonyl (C=O) groups is 2. The predicted octanol–water partition coefficient (Wildman–Crippen LogP) is 2.52. The minimum absolute atomic E-state index is 0.335. The van der Waals surface area contributed by atoms with Crippen molar-refractivity contribution in [2.24, 2.45) is 0 Å². The Balaban J connectivity index is 0.000000411. The highest BCUT2D eigenvalue weighted by molar-refractivity contribution is 5.90. The first kappa shape index (κ1) is 15.9. The standard InChI is InChI=1S/C9H11NO2.C5H8O/c1-6-5-7(9(11)12-2)3-4-8(6)10;1-2-3-4-5-6/h3-5H,10H2,1-2H3;2,5H,1,3-4H2. The highest BCUT2D eigenvalue weighted by Crippen LogP contribution is 2.12. The fraction of sp³-hybridized carbons (Fsp3) is 0.286. The van der Waals surface area contributed by atoms with Gasteiger partial charge in [-0.05, 0) is 37.1 Å². The average Bonchev–Trinajstić information content (AvgIpc) is 2.39. The summed E-state index contributed by atoms with van der Waals surface area (Å²) in [5.41, 5.74) is 7.68. The molecule has 98 valence electrons. The van der Waals surface area contributed by atoms with Crippen molar-refractivity contribution < 1.29 is 14.3 Å². The summed E-state index contributed by atoms with van der Waals surface area (Å²) in [6, 6.07) is 5.05. The van der Waals surface area contributed by atoms with Gasteiger partial charge in [0.25, 0.3) is 0 Å². The van der Waals surface area contributed by atoms with Crippen LogP contribution >= 0.6 is 0 Å². The van der Waals surface area contributed by atoms with Crippen molar-refractivity contribution in [3.63, 3.8) is 0 Å². The summed E-state index contributed by atoms with van der Waals surface area (Å²) >= 11 is 0. The lowest BCUT2D eigenvalue weighted by Gasteiger charge is -2.02. The summed E-state index contributed by atoms with van der Waals surface area (Å²) in [4.78, 5) is 20.5. The third kappa shape index (κ3) is 5.84. The molecule has 1 rings (SSSR count). The van der Waals surface area contributed by atoms with E-state index < -0.39 is 0 Å². The van der Waals surface area contributed by atoms with Crippen LogP contribution in [0, 0.1) is 6.92 Å². The van der Waals surface area contributed by atoms with Gasteiger partial charge in [-0.3, -0.25) is 0 Å². The highest BCUT2D eigenvalue weighted by atomic mass is 16.5. The van der Waals surface area contributed by atoms with Crippen molar-refractivity contribution in [3.8, 4) is 0 Å². The largest absolute Gasteiger partial charge is 0.465 e. The van der Waals surface area contributed by atoms with Crippen LogP contribution < -0.4 is 5.73 Å². The van der Waals surface area contributed by atoms with Crippen molar-refractivity contribution >= 4 is 17.9 Å². The van der Waals surface area contributed by atoms with Gasteiger partial charge in [0.2, 0.25) is 0 Å². The number of rotatable bonds is 4. The van der Waals surface area contributed by atoms with Gasteiger partial charge in [-0.15, -0.1) is 6.58 Å². The third-order valence-electron chi connectivity index (χ3n) is 2.18. The van der Waals surface area contributed by atoms with Gasteiger partial charge in [-0.25, -0.2) is 4.79 Å². The molecule has 0 bridgehead atoms. The lowest BCUT2D eigenvalue weighted by molar-refractivity contribution is -0.107. The summed E-state index contributed by atoms with van der Waals surface area (Å²) in [6.45, 7) is 5.29. The second-order valence-corrected chi connectivity index (χ2v) is 3.60. The molecule has 0 fully saturated rings. The van der Waals surface area contributed by atoms with Gasteiger partial charge in [-0.1, -0.05) is 6.08 Å². The Morgan fingerprint density at radius 1 is 1.44 bits per heavy atom. The summed E-state index contributed by atoms with van der Waals surface area (Å²) < 4.78 is 4.55. The summed E-state index contributed by atoms with van der Waals surface area (Å²) in [7, 11) is 1.36. The number of ether oxygens (including phenoxy) is 1. The maximum absolute atomic E-state index is 11.0. The molecule has 2 N–H and O–H groups in total. The van der Waals surface area contributed by atoms with Crippen molar-refractivity contribution in [3.05, 3.63) is 42.0 Å². The molecule has 1 aromatic rings. The number of carbonyl (C=O) groups excluding carboxylic acids is 2. The number of aldehydes is 1. The smallest absolute Gasteiger partial charge is 0.337 e. The monoisotopic (exact) mass is 249 g/mol. The first-order valence-corrected chi connectivity index (χ1v) is 5.55. The average molecular weight is 249 g/mol. The number of allylic oxidation sites excluding steroid dienone is 1. The first-order chi connectivity index (χ1) is 8.56. The van der Waals surface area contributed by atoms with E-state index in [0.29, 0.717) is 17.7 Å². The Hall–Kier alpha value is -2.10. The summed E-state index contributed by atoms with van der Waals surface area (Å²) in [5, 5.41) is 0. The van der Waals surface area contributed by atoms with Crippen LogP contribution in [0.4, 0.5) is 5.69 Å². The number of benzene rings is 1. The molecule has 1 aromatic carbocycles. The van der Waals surface area contributed by atoms with Crippen LogP contribution in [0.3, 0.4) is 0 Å². The van der Waals surface area contributed by atoms with Gasteiger partial charge in [0.15, 0.2) is 0 Å². The fourth-order valence-corrected chi connectivity index (χ4v) is 1.11. The van der Waals surface area contributed by atoms with Crippen LogP contribution in [0.25, 0.3) is 0 Å². The molecular formula is C14H19NO3. The van der Waals surface area contributed by atoms with E-state index in [9.17, 15) is 9.59 Å². The zero-order chi connectivity index (χ0) is 14.0. The van der Waals surface area contributed by atoms with E-state index in [-0.39, 0.29) is 5.97 Å². The molecule has 0 saturated carbocycles. The van der Waals surface area contributed by atoms with Crippen LogP contribution in [0.2, 0.25) is 0 Å². The molecule has 0 saturated heterocycles. The number of anilines is 1. The van der Waals surface area contributed by atoms with E-state index in [4.69, 9.17) is 5.73 Å². The number of unbranched alkanes of at least 4 members (excludes halogenated alkanes) is 1. The van der Waals surface area contributed by atoms with Gasteiger partial charge >= 0.3 is 5.97 Å². The first-order valence-electron chi connectivity index (χ1n) is 5.55. The predicted molar refractivity (Wildman–Crippen MR) is 72.4 cm³/mol. The van der Waals surface area contributed by atoms with Crippen LogP contribution in [-0.4, -0.2) is 19.4 Å². The summed E-state index contributed by atoms with van der Waals surface area (Å²) in [6.07, 6.45) is 4.04. The van der Waals surface area contributed by atoms with E-state index in [2.05, 4.69) is 11.3 Å². The van der Waals surface area contributed by atoms with Gasteiger partial charge in [0.05, 0.1) is 12.7 Å². The molecule has 0 spiro atoms. The third-order valence-corrected chi connectivity index (χ3v) is 2.18. The number of methoxy groups -OCH3 is 1. The molecule has 0 amide bonds. The fourth-order valence-electron chi connectivity index (χ4n) is 1.11. The SMILES string of the molecule is C=CCCC=O.COC(=O)c1ccc(N)c(C)c1. The molecule has 18 heavy (non-hydrogen) atoms. The molecule has 4 nitrogen and oxygen atoms in total. The second kappa shape index (κ2) is 8.98. The molecule has 0 aromatic heterocycles. The molecule has 4 heteroatoms. The summed E-state index contributed by atoms with van der Waals surface area (Å²) in [5.74, 6) is -0.335. The van der Waals surface area contributed by atoms with Crippen LogP contribution in [0.5, 0.6) is 0 Å². The quantitative estimate of drug-likeness (QED) is 0.293. The molecule has 0 radical (unpaired) electrons. The zero-order valence-corrected chi connectivity index (χ0v) is 10.8. The van der Waals surface area contributed by atoms with Crippen molar-refractivity contribution in [1.82, 2.24) is 0 Å². The second-order valence-electron chi connectivity index (χ2n) is 3.60. The highest BCUT2D eigenvalue weighted by Gasteiger charge is 2.05. The van der Waals surface area contributed by atoms with E-state index in [1.165, 1.54) is 7.11 Å². The maximum Gasteiger partial charge on any atom is 0.337 e. The topological polar surface area (TPSA) is 69.4 Å². The van der Waals surface area contributed by atoms with E-state index in [1.807, 2.05) is 6.92 Å². The Bertz CT molecular complexity index is 406. The molecule has 0 aliphatic rings. The lowest BCUT2D eigenvalue weighted by atomic mass is 10.1. The number of hydrogen-bond donors (Lipinski definition) is 1. The van der Waals surface area contributed by atoms with Crippen molar-refractivity contribution in [2.75, 3.05) is 12.8 Å². The number of nitrogen functional groups attached to an aromatic ring is 1. The maximum atomic E-state index is 11.0. The van der Waals surface area contributed by atoms with Gasteiger partial charge in [-0.2, -0.15) is 0 Å². The molecule has 0 aliphatic heterocycles. The number of hydrogen-bond acceptors (Lipinski definition) is 4. The van der Waals surface area contributed by atoms with Crippen molar-refractivity contribution in [1.29, 1.82) is 0 Å². The number of nitrogens with two attached hydrogens (primary N) is 1. The normalized spacial score (nSPS) is 8.78. The van der Waals surface area contributed by atoms with Gasteiger partial charge < -0.3 is 15.3 Å². The van der Waals surface area contributed by atoms with Gasteiger partial charge in [0, 0.05) is 12.1 Å². The van der Waals surface area contributed by atoms with Crippen LogP contribution in [-0.2, 0) is 9.53 Å². The Labute approximate surface area is 107 Å². The number of aryl methyl sites for hydroxylation is 1. The molecule has 0 unspecified atom stereocenters. The van der Waals surface area contributed by atoms with Crippen LogP contribution in [0.1, 0.15) is 28.8 Å². The Morgan fingerprint density at radius 3 is 2.50 bits per heavy atom. The molecule has 0 aliphatic carbocycles. The number of esters is 1. The minimum atomic E-state index is -0.335. The Morgan fingerprint density at radius 2 is 2.11 bits per heavy atom.